The standard InChI is InChI=1S/C13H18BrN3O3S/c1-3-15-12-11(6-10(14)7-16-12)13(18)17-4-5-21(19,20)8-9(17)2/h6-7,9H,3-5,8H2,1-2H3,(H,15,16). The van der Waals surface area contributed by atoms with E-state index < -0.39 is 9.84 Å². The summed E-state index contributed by atoms with van der Waals surface area (Å²) in [5, 5.41) is 3.06. The Morgan fingerprint density at radius 1 is 1.57 bits per heavy atom. The highest BCUT2D eigenvalue weighted by Gasteiger charge is 2.32. The number of carbonyl (C=O) groups excluding carboxylic acids is 1. The van der Waals surface area contributed by atoms with Gasteiger partial charge in [0.05, 0.1) is 17.1 Å². The van der Waals surface area contributed by atoms with Gasteiger partial charge in [0.15, 0.2) is 9.84 Å². The minimum absolute atomic E-state index is 0.0106. The van der Waals surface area contributed by atoms with Gasteiger partial charge in [-0.15, -0.1) is 0 Å². The van der Waals surface area contributed by atoms with Crippen LogP contribution in [0.1, 0.15) is 24.2 Å². The van der Waals surface area contributed by atoms with Gasteiger partial charge in [0.25, 0.3) is 5.91 Å². The molecule has 1 unspecified atom stereocenters. The number of nitrogens with zero attached hydrogens (tertiary/aromatic N) is 2. The Kier molecular flexibility index (Phi) is 4.88. The van der Waals surface area contributed by atoms with Gasteiger partial charge in [0.2, 0.25) is 0 Å². The molecule has 1 N–H and O–H groups in total. The van der Waals surface area contributed by atoms with E-state index in [0.717, 1.165) is 0 Å². The van der Waals surface area contributed by atoms with Gasteiger partial charge < -0.3 is 10.2 Å². The fourth-order valence-electron chi connectivity index (χ4n) is 2.37. The highest BCUT2D eigenvalue weighted by molar-refractivity contribution is 9.10. The number of rotatable bonds is 3. The van der Waals surface area contributed by atoms with E-state index >= 15 is 0 Å². The third kappa shape index (κ3) is 3.74. The lowest BCUT2D eigenvalue weighted by molar-refractivity contribution is 0.0713. The molecule has 0 saturated carbocycles. The van der Waals surface area contributed by atoms with E-state index in [9.17, 15) is 13.2 Å². The summed E-state index contributed by atoms with van der Waals surface area (Å²) in [6, 6.07) is 1.38. The maximum Gasteiger partial charge on any atom is 0.257 e. The first-order chi connectivity index (χ1) is 9.84. The molecule has 1 aliphatic heterocycles. The van der Waals surface area contributed by atoms with E-state index in [0.29, 0.717) is 22.4 Å². The Morgan fingerprint density at radius 3 is 2.90 bits per heavy atom. The Labute approximate surface area is 133 Å². The first-order valence-corrected chi connectivity index (χ1v) is 9.36. The fourth-order valence-corrected chi connectivity index (χ4v) is 4.25. The van der Waals surface area contributed by atoms with Crippen molar-refractivity contribution in [2.75, 3.05) is 29.9 Å². The summed E-state index contributed by atoms with van der Waals surface area (Å²) in [7, 11) is -3.04. The molecule has 8 heteroatoms. The summed E-state index contributed by atoms with van der Waals surface area (Å²) < 4.78 is 24.0. The number of carbonyl (C=O) groups is 1. The lowest BCUT2D eigenvalue weighted by Crippen LogP contribution is -2.49. The van der Waals surface area contributed by atoms with E-state index in [4.69, 9.17) is 0 Å². The summed E-state index contributed by atoms with van der Waals surface area (Å²) >= 11 is 3.32. The van der Waals surface area contributed by atoms with Crippen LogP contribution in [0.25, 0.3) is 0 Å². The molecular weight excluding hydrogens is 358 g/mol. The zero-order valence-corrected chi connectivity index (χ0v) is 14.4. The normalized spacial score (nSPS) is 21.1. The molecule has 1 aromatic heterocycles. The van der Waals surface area contributed by atoms with Crippen molar-refractivity contribution in [3.05, 3.63) is 22.3 Å². The summed E-state index contributed by atoms with van der Waals surface area (Å²) in [6.07, 6.45) is 1.62. The maximum absolute atomic E-state index is 12.7. The molecule has 0 spiro atoms. The fraction of sp³-hybridized carbons (Fsp3) is 0.538. The van der Waals surface area contributed by atoms with Crippen LogP contribution in [0.3, 0.4) is 0 Å². The smallest absolute Gasteiger partial charge is 0.257 e. The van der Waals surface area contributed by atoms with Crippen LogP contribution in [0.2, 0.25) is 0 Å². The zero-order valence-electron chi connectivity index (χ0n) is 12.0. The van der Waals surface area contributed by atoms with Gasteiger partial charge in [-0.2, -0.15) is 0 Å². The molecule has 2 rings (SSSR count). The Bertz CT molecular complexity index is 648. The molecule has 1 aliphatic rings. The van der Waals surface area contributed by atoms with E-state index in [-0.39, 0.29) is 30.0 Å². The van der Waals surface area contributed by atoms with Gasteiger partial charge in [-0.3, -0.25) is 4.79 Å². The van der Waals surface area contributed by atoms with Crippen LogP contribution in [0, 0.1) is 0 Å². The average Bonchev–Trinajstić information content (AvgIpc) is 2.39. The van der Waals surface area contributed by atoms with Crippen molar-refractivity contribution < 1.29 is 13.2 Å². The quantitative estimate of drug-likeness (QED) is 0.866. The van der Waals surface area contributed by atoms with Crippen molar-refractivity contribution in [1.82, 2.24) is 9.88 Å². The molecule has 0 bridgehead atoms. The predicted octanol–water partition coefficient (Wildman–Crippen LogP) is 1.53. The molecule has 1 atom stereocenters. The van der Waals surface area contributed by atoms with Crippen molar-refractivity contribution in [3.63, 3.8) is 0 Å². The molecule has 1 aromatic rings. The lowest BCUT2D eigenvalue weighted by atomic mass is 10.2. The molecule has 1 fully saturated rings. The monoisotopic (exact) mass is 375 g/mol. The molecule has 6 nitrogen and oxygen atoms in total. The van der Waals surface area contributed by atoms with Crippen molar-refractivity contribution in [2.24, 2.45) is 0 Å². The Balaban J connectivity index is 2.30. The number of aromatic nitrogens is 1. The van der Waals surface area contributed by atoms with Gasteiger partial charge in [-0.1, -0.05) is 0 Å². The molecule has 21 heavy (non-hydrogen) atoms. The molecule has 0 aliphatic carbocycles. The van der Waals surface area contributed by atoms with Gasteiger partial charge in [0, 0.05) is 29.8 Å². The van der Waals surface area contributed by atoms with Crippen LogP contribution in [-0.2, 0) is 9.84 Å². The molecule has 1 amide bonds. The molecule has 0 radical (unpaired) electrons. The van der Waals surface area contributed by atoms with Gasteiger partial charge in [-0.25, -0.2) is 13.4 Å². The van der Waals surface area contributed by atoms with Crippen LogP contribution in [0.5, 0.6) is 0 Å². The predicted molar refractivity (Wildman–Crippen MR) is 85.3 cm³/mol. The van der Waals surface area contributed by atoms with Crippen LogP contribution in [0.4, 0.5) is 5.82 Å². The number of anilines is 1. The van der Waals surface area contributed by atoms with Crippen LogP contribution >= 0.6 is 15.9 Å². The molecule has 2 heterocycles. The van der Waals surface area contributed by atoms with Gasteiger partial charge in [0.1, 0.15) is 5.82 Å². The number of halogens is 1. The molecular formula is C13H18BrN3O3S. The van der Waals surface area contributed by atoms with Gasteiger partial charge >= 0.3 is 0 Å². The largest absolute Gasteiger partial charge is 0.370 e. The average molecular weight is 376 g/mol. The number of hydrogen-bond acceptors (Lipinski definition) is 5. The number of amides is 1. The minimum Gasteiger partial charge on any atom is -0.370 e. The minimum atomic E-state index is -3.04. The van der Waals surface area contributed by atoms with E-state index in [1.165, 1.54) is 0 Å². The van der Waals surface area contributed by atoms with E-state index in [1.54, 1.807) is 24.1 Å². The Morgan fingerprint density at radius 2 is 2.29 bits per heavy atom. The lowest BCUT2D eigenvalue weighted by Gasteiger charge is -2.33. The third-order valence-electron chi connectivity index (χ3n) is 3.36. The van der Waals surface area contributed by atoms with E-state index in [2.05, 4.69) is 26.2 Å². The molecule has 0 aromatic carbocycles. The van der Waals surface area contributed by atoms with Crippen LogP contribution < -0.4 is 5.32 Å². The van der Waals surface area contributed by atoms with E-state index in [1.807, 2.05) is 6.92 Å². The van der Waals surface area contributed by atoms with Crippen molar-refractivity contribution in [3.8, 4) is 0 Å². The topological polar surface area (TPSA) is 79.4 Å². The summed E-state index contributed by atoms with van der Waals surface area (Å²) in [5.74, 6) is 0.353. The first-order valence-electron chi connectivity index (χ1n) is 6.75. The number of pyridine rings is 1. The Hall–Kier alpha value is -1.15. The third-order valence-corrected chi connectivity index (χ3v) is 5.59. The van der Waals surface area contributed by atoms with Crippen molar-refractivity contribution in [1.29, 1.82) is 0 Å². The second-order valence-corrected chi connectivity index (χ2v) is 8.19. The first kappa shape index (κ1) is 16.2. The maximum atomic E-state index is 12.7. The summed E-state index contributed by atoms with van der Waals surface area (Å²) in [6.45, 7) is 4.56. The number of sulfone groups is 1. The molecule has 1 saturated heterocycles. The van der Waals surface area contributed by atoms with Gasteiger partial charge in [-0.05, 0) is 35.8 Å². The highest BCUT2D eigenvalue weighted by Crippen LogP contribution is 2.22. The second kappa shape index (κ2) is 6.31. The summed E-state index contributed by atoms with van der Waals surface area (Å²) in [4.78, 5) is 18.5. The number of hydrogen-bond donors (Lipinski definition) is 1. The SMILES string of the molecule is CCNc1ncc(Br)cc1C(=O)N1CCS(=O)(=O)CC1C. The van der Waals surface area contributed by atoms with Crippen LogP contribution in [0.15, 0.2) is 16.7 Å². The van der Waals surface area contributed by atoms with Crippen molar-refractivity contribution >= 4 is 37.5 Å². The molecule has 116 valence electrons. The van der Waals surface area contributed by atoms with Crippen LogP contribution in [-0.4, -0.2) is 54.8 Å². The van der Waals surface area contributed by atoms with Crippen molar-refractivity contribution in [2.45, 2.75) is 19.9 Å². The zero-order chi connectivity index (χ0) is 15.6. The highest BCUT2D eigenvalue weighted by atomic mass is 79.9. The summed E-state index contributed by atoms with van der Waals surface area (Å²) in [5.41, 5.74) is 0.456. The second-order valence-electron chi connectivity index (χ2n) is 5.04. The number of nitrogens with one attached hydrogen (secondary N) is 1.